The molecule has 0 bridgehead atoms. The van der Waals surface area contributed by atoms with Gasteiger partial charge in [-0.05, 0) is 30.3 Å². The molecule has 0 radical (unpaired) electrons. The third-order valence-electron chi connectivity index (χ3n) is 3.43. The van der Waals surface area contributed by atoms with Crippen LogP contribution in [0.3, 0.4) is 0 Å². The van der Waals surface area contributed by atoms with Crippen LogP contribution in [0.15, 0.2) is 48.2 Å². The Kier molecular flexibility index (Phi) is 6.24. The maximum atomic E-state index is 12.3. The predicted molar refractivity (Wildman–Crippen MR) is 112 cm³/mol. The molecule has 0 saturated carbocycles. The standard InChI is InChI=1S/C18H10Cl3NO3S2/c19-12-4-2-1-3-10(12)14-6-5-9(26-14)7-13(18(24)25)22-17(23)11-8-15(20)27-16(11)21/h1-8H,(H,22,23)(H,24,25)/b13-7-. The lowest BCUT2D eigenvalue weighted by atomic mass is 10.2. The highest BCUT2D eigenvalue weighted by atomic mass is 35.5. The van der Waals surface area contributed by atoms with Crippen molar-refractivity contribution < 1.29 is 14.7 Å². The number of carboxylic acids is 1. The fraction of sp³-hybridized carbons (Fsp3) is 0. The first-order valence-corrected chi connectivity index (χ1v) is 10.2. The Morgan fingerprint density at radius 1 is 1.04 bits per heavy atom. The number of benzene rings is 1. The second-order valence-electron chi connectivity index (χ2n) is 5.24. The third kappa shape index (κ3) is 4.72. The van der Waals surface area contributed by atoms with Crippen molar-refractivity contribution >= 4 is 75.4 Å². The first kappa shape index (κ1) is 19.9. The first-order chi connectivity index (χ1) is 12.8. The molecule has 0 spiro atoms. The molecule has 0 aliphatic heterocycles. The average molecular weight is 459 g/mol. The summed E-state index contributed by atoms with van der Waals surface area (Å²) in [5, 5.41) is 12.4. The van der Waals surface area contributed by atoms with Gasteiger partial charge in [-0.25, -0.2) is 4.79 Å². The van der Waals surface area contributed by atoms with Gasteiger partial charge in [0.1, 0.15) is 10.0 Å². The summed E-state index contributed by atoms with van der Waals surface area (Å²) in [7, 11) is 0. The summed E-state index contributed by atoms with van der Waals surface area (Å²) < 4.78 is 0.535. The average Bonchev–Trinajstić information content (AvgIpc) is 3.20. The van der Waals surface area contributed by atoms with Gasteiger partial charge in [0, 0.05) is 20.3 Å². The third-order valence-corrected chi connectivity index (χ3v) is 6.32. The Hall–Kier alpha value is -1.83. The van der Waals surface area contributed by atoms with E-state index in [0.717, 1.165) is 21.8 Å². The van der Waals surface area contributed by atoms with Crippen molar-refractivity contribution in [2.24, 2.45) is 0 Å². The Balaban J connectivity index is 1.86. The molecule has 0 aliphatic carbocycles. The lowest BCUT2D eigenvalue weighted by molar-refractivity contribution is -0.132. The smallest absolute Gasteiger partial charge is 0.352 e. The van der Waals surface area contributed by atoms with Crippen LogP contribution in [-0.4, -0.2) is 17.0 Å². The minimum Gasteiger partial charge on any atom is -0.477 e. The predicted octanol–water partition coefficient (Wildman–Crippen LogP) is 6.29. The van der Waals surface area contributed by atoms with E-state index >= 15 is 0 Å². The van der Waals surface area contributed by atoms with Crippen molar-refractivity contribution in [1.29, 1.82) is 0 Å². The molecular weight excluding hydrogens is 449 g/mol. The molecule has 0 aliphatic rings. The summed E-state index contributed by atoms with van der Waals surface area (Å²) >= 11 is 20.4. The number of carbonyl (C=O) groups is 2. The second kappa shape index (κ2) is 8.46. The van der Waals surface area contributed by atoms with Gasteiger partial charge in [-0.1, -0.05) is 53.0 Å². The number of carbonyl (C=O) groups excluding carboxylic acids is 1. The summed E-state index contributed by atoms with van der Waals surface area (Å²) in [4.78, 5) is 25.4. The summed E-state index contributed by atoms with van der Waals surface area (Å²) in [6, 6.07) is 12.4. The van der Waals surface area contributed by atoms with Crippen LogP contribution in [0, 0.1) is 0 Å². The van der Waals surface area contributed by atoms with Gasteiger partial charge in [-0.15, -0.1) is 22.7 Å². The molecule has 3 rings (SSSR count). The monoisotopic (exact) mass is 457 g/mol. The van der Waals surface area contributed by atoms with Crippen LogP contribution in [0.5, 0.6) is 0 Å². The van der Waals surface area contributed by atoms with Crippen molar-refractivity contribution in [2.45, 2.75) is 0 Å². The molecule has 4 nitrogen and oxygen atoms in total. The van der Waals surface area contributed by atoms with Crippen LogP contribution >= 0.6 is 57.5 Å². The van der Waals surface area contributed by atoms with Crippen molar-refractivity contribution in [3.05, 3.63) is 72.3 Å². The molecule has 3 aromatic rings. The zero-order valence-corrected chi connectivity index (χ0v) is 17.2. The Morgan fingerprint density at radius 2 is 1.78 bits per heavy atom. The molecule has 1 aromatic carbocycles. The van der Waals surface area contributed by atoms with Crippen LogP contribution in [0.1, 0.15) is 15.2 Å². The Bertz CT molecular complexity index is 1060. The number of aliphatic carboxylic acids is 1. The van der Waals surface area contributed by atoms with Crippen LogP contribution in [0.2, 0.25) is 13.7 Å². The summed E-state index contributed by atoms with van der Waals surface area (Å²) in [6.07, 6.45) is 1.38. The molecule has 9 heteroatoms. The zero-order chi connectivity index (χ0) is 19.6. The van der Waals surface area contributed by atoms with E-state index in [0.29, 0.717) is 14.2 Å². The topological polar surface area (TPSA) is 66.4 Å². The molecule has 0 fully saturated rings. The molecule has 138 valence electrons. The lowest BCUT2D eigenvalue weighted by Crippen LogP contribution is -2.27. The van der Waals surface area contributed by atoms with Gasteiger partial charge < -0.3 is 10.4 Å². The molecule has 0 atom stereocenters. The largest absolute Gasteiger partial charge is 0.477 e. The summed E-state index contributed by atoms with van der Waals surface area (Å²) in [5.41, 5.74) is 0.706. The maximum absolute atomic E-state index is 12.3. The van der Waals surface area contributed by atoms with E-state index in [1.54, 1.807) is 12.1 Å². The zero-order valence-electron chi connectivity index (χ0n) is 13.3. The van der Waals surface area contributed by atoms with Crippen LogP contribution in [-0.2, 0) is 4.79 Å². The van der Waals surface area contributed by atoms with Gasteiger partial charge in [-0.2, -0.15) is 0 Å². The molecule has 1 amide bonds. The van der Waals surface area contributed by atoms with E-state index in [-0.39, 0.29) is 15.6 Å². The van der Waals surface area contributed by atoms with Crippen molar-refractivity contribution in [1.82, 2.24) is 5.32 Å². The van der Waals surface area contributed by atoms with E-state index < -0.39 is 11.9 Å². The highest BCUT2D eigenvalue weighted by Gasteiger charge is 2.18. The maximum Gasteiger partial charge on any atom is 0.352 e. The van der Waals surface area contributed by atoms with Gasteiger partial charge in [0.2, 0.25) is 0 Å². The molecule has 2 heterocycles. The van der Waals surface area contributed by atoms with Crippen molar-refractivity contribution in [3.63, 3.8) is 0 Å². The van der Waals surface area contributed by atoms with E-state index in [1.807, 2.05) is 24.3 Å². The molecule has 2 aromatic heterocycles. The minimum absolute atomic E-state index is 0.127. The van der Waals surface area contributed by atoms with Gasteiger partial charge in [0.05, 0.1) is 9.90 Å². The molecule has 0 unspecified atom stereocenters. The number of hydrogen-bond acceptors (Lipinski definition) is 4. The number of hydrogen-bond donors (Lipinski definition) is 2. The molecular formula is C18H10Cl3NO3S2. The number of halogens is 3. The Morgan fingerprint density at radius 3 is 2.41 bits per heavy atom. The van der Waals surface area contributed by atoms with Crippen LogP contribution in [0.4, 0.5) is 0 Å². The number of thiophene rings is 2. The normalized spacial score (nSPS) is 11.4. The fourth-order valence-corrected chi connectivity index (χ4v) is 4.96. The second-order valence-corrected chi connectivity index (χ2v) is 9.05. The summed E-state index contributed by atoms with van der Waals surface area (Å²) in [5.74, 6) is -1.91. The Labute approximate surface area is 177 Å². The van der Waals surface area contributed by atoms with E-state index in [2.05, 4.69) is 5.32 Å². The van der Waals surface area contributed by atoms with E-state index in [4.69, 9.17) is 34.8 Å². The van der Waals surface area contributed by atoms with Gasteiger partial charge in [0.15, 0.2) is 0 Å². The SMILES string of the molecule is O=C(O)/C(=C/c1ccc(-c2ccccc2Cl)s1)NC(=O)c1cc(Cl)sc1Cl. The quantitative estimate of drug-likeness (QED) is 0.441. The van der Waals surface area contributed by atoms with Crippen molar-refractivity contribution in [2.75, 3.05) is 0 Å². The van der Waals surface area contributed by atoms with Crippen LogP contribution < -0.4 is 5.32 Å². The number of nitrogens with one attached hydrogen (secondary N) is 1. The fourth-order valence-electron chi connectivity index (χ4n) is 2.21. The van der Waals surface area contributed by atoms with Gasteiger partial charge in [0.25, 0.3) is 5.91 Å². The van der Waals surface area contributed by atoms with E-state index in [1.165, 1.54) is 23.5 Å². The van der Waals surface area contributed by atoms with Crippen LogP contribution in [0.25, 0.3) is 16.5 Å². The minimum atomic E-state index is -1.27. The summed E-state index contributed by atoms with van der Waals surface area (Å²) in [6.45, 7) is 0. The first-order valence-electron chi connectivity index (χ1n) is 7.41. The van der Waals surface area contributed by atoms with Crippen molar-refractivity contribution in [3.8, 4) is 10.4 Å². The van der Waals surface area contributed by atoms with Gasteiger partial charge in [-0.3, -0.25) is 4.79 Å². The van der Waals surface area contributed by atoms with E-state index in [9.17, 15) is 14.7 Å². The molecule has 27 heavy (non-hydrogen) atoms. The highest BCUT2D eigenvalue weighted by Crippen LogP contribution is 2.34. The lowest BCUT2D eigenvalue weighted by Gasteiger charge is -2.05. The highest BCUT2D eigenvalue weighted by molar-refractivity contribution is 7.20. The number of amides is 1. The van der Waals surface area contributed by atoms with Gasteiger partial charge >= 0.3 is 5.97 Å². The molecule has 2 N–H and O–H groups in total. The number of carboxylic acid groups (broad SMARTS) is 1. The molecule has 0 saturated heterocycles. The number of rotatable bonds is 5.